The normalized spacial score (nSPS) is 10.4. The Hall–Kier alpha value is -0.840. The molecule has 0 fully saturated rings. The lowest BCUT2D eigenvalue weighted by Crippen LogP contribution is -2.12. The topological polar surface area (TPSA) is 29.1 Å². The van der Waals surface area contributed by atoms with Crippen LogP contribution in [0.5, 0.6) is 0 Å². The average molecular weight is 432 g/mol. The number of nitrogens with one attached hydrogen (secondary N) is 1. The van der Waals surface area contributed by atoms with Crippen molar-refractivity contribution in [3.8, 4) is 0 Å². The fourth-order valence-corrected chi connectivity index (χ4v) is 2.87. The Labute approximate surface area is 146 Å². The number of carbonyl (C=O) groups excluding carboxylic acids is 1. The highest BCUT2D eigenvalue weighted by Crippen LogP contribution is 2.23. The van der Waals surface area contributed by atoms with E-state index in [0.717, 1.165) is 27.5 Å². The molecule has 2 rings (SSSR count). The lowest BCUT2D eigenvalue weighted by Gasteiger charge is -2.09. The fourth-order valence-electron chi connectivity index (χ4n) is 1.95. The number of halogens is 3. The molecule has 0 atom stereocenters. The number of anilines is 1. The molecule has 5 heteroatoms. The smallest absolute Gasteiger partial charge is 0.256 e. The summed E-state index contributed by atoms with van der Waals surface area (Å²) in [6, 6.07) is 13.4. The van der Waals surface area contributed by atoms with E-state index in [9.17, 15) is 4.79 Å². The largest absolute Gasteiger partial charge is 0.322 e. The van der Waals surface area contributed by atoms with Crippen molar-refractivity contribution in [1.82, 2.24) is 0 Å². The van der Waals surface area contributed by atoms with Gasteiger partial charge in [0.15, 0.2) is 0 Å². The van der Waals surface area contributed by atoms with Crippen LogP contribution >= 0.6 is 43.5 Å². The molecule has 21 heavy (non-hydrogen) atoms. The van der Waals surface area contributed by atoms with Crippen LogP contribution in [-0.4, -0.2) is 11.8 Å². The maximum absolute atomic E-state index is 12.3. The van der Waals surface area contributed by atoms with Crippen LogP contribution in [0.2, 0.25) is 0 Å². The molecule has 0 aliphatic carbocycles. The summed E-state index contributed by atoms with van der Waals surface area (Å²) in [5.41, 5.74) is 2.55. The molecule has 0 heterocycles. The Balaban J connectivity index is 2.14. The molecule has 0 unspecified atom stereocenters. The van der Waals surface area contributed by atoms with Gasteiger partial charge in [0.2, 0.25) is 0 Å². The van der Waals surface area contributed by atoms with Crippen molar-refractivity contribution >= 4 is 55.1 Å². The summed E-state index contributed by atoms with van der Waals surface area (Å²) in [7, 11) is 0. The van der Waals surface area contributed by atoms with Crippen LogP contribution in [-0.2, 0) is 6.42 Å². The van der Waals surface area contributed by atoms with E-state index in [1.807, 2.05) is 36.4 Å². The fraction of sp³-hybridized carbons (Fsp3) is 0.188. The van der Waals surface area contributed by atoms with Gasteiger partial charge >= 0.3 is 0 Å². The first-order chi connectivity index (χ1) is 10.1. The second kappa shape index (κ2) is 7.97. The van der Waals surface area contributed by atoms with E-state index in [1.165, 1.54) is 5.56 Å². The molecule has 0 saturated carbocycles. The van der Waals surface area contributed by atoms with Gasteiger partial charge in [-0.05, 0) is 64.7 Å². The second-order valence-electron chi connectivity index (χ2n) is 4.57. The predicted octanol–water partition coefficient (Wildman–Crippen LogP) is 5.64. The summed E-state index contributed by atoms with van der Waals surface area (Å²) in [4.78, 5) is 12.3. The predicted molar refractivity (Wildman–Crippen MR) is 95.3 cm³/mol. The molecule has 2 aromatic carbocycles. The summed E-state index contributed by atoms with van der Waals surface area (Å²) in [6.45, 7) is 0. The first-order valence-electron chi connectivity index (χ1n) is 6.51. The van der Waals surface area contributed by atoms with Crippen molar-refractivity contribution < 1.29 is 4.79 Å². The van der Waals surface area contributed by atoms with Crippen LogP contribution < -0.4 is 5.32 Å². The van der Waals surface area contributed by atoms with Gasteiger partial charge in [0.1, 0.15) is 0 Å². The van der Waals surface area contributed by atoms with Crippen molar-refractivity contribution in [1.29, 1.82) is 0 Å². The second-order valence-corrected chi connectivity index (χ2v) is 6.72. The average Bonchev–Trinajstić information content (AvgIpc) is 2.48. The molecular weight excluding hydrogens is 417 g/mol. The Kier molecular flexibility index (Phi) is 6.27. The zero-order chi connectivity index (χ0) is 15.2. The van der Waals surface area contributed by atoms with Crippen molar-refractivity contribution in [3.63, 3.8) is 0 Å². The molecule has 0 radical (unpaired) electrons. The van der Waals surface area contributed by atoms with Gasteiger partial charge in [-0.2, -0.15) is 0 Å². The van der Waals surface area contributed by atoms with Crippen LogP contribution in [0.4, 0.5) is 5.69 Å². The van der Waals surface area contributed by atoms with Crippen LogP contribution in [0.3, 0.4) is 0 Å². The lowest BCUT2D eigenvalue weighted by molar-refractivity contribution is 0.102. The molecule has 2 aromatic rings. The molecule has 0 aliphatic heterocycles. The third-order valence-corrected chi connectivity index (χ3v) is 4.41. The van der Waals surface area contributed by atoms with E-state index >= 15 is 0 Å². The zero-order valence-corrected chi connectivity index (χ0v) is 15.1. The SMILES string of the molecule is O=C(Nc1cccc(CCCCl)c1)c1cc(Br)ccc1Br. The Morgan fingerprint density at radius 1 is 1.14 bits per heavy atom. The minimum atomic E-state index is -0.141. The van der Waals surface area contributed by atoms with E-state index in [2.05, 4.69) is 37.2 Å². The summed E-state index contributed by atoms with van der Waals surface area (Å²) >= 11 is 12.5. The van der Waals surface area contributed by atoms with Gasteiger partial charge < -0.3 is 5.32 Å². The minimum Gasteiger partial charge on any atom is -0.322 e. The van der Waals surface area contributed by atoms with Crippen molar-refractivity contribution in [2.75, 3.05) is 11.2 Å². The van der Waals surface area contributed by atoms with Gasteiger partial charge in [-0.1, -0.05) is 28.1 Å². The third-order valence-electron chi connectivity index (χ3n) is 2.96. The van der Waals surface area contributed by atoms with Gasteiger partial charge in [0.05, 0.1) is 5.56 Å². The third kappa shape index (κ3) is 4.83. The van der Waals surface area contributed by atoms with Crippen LogP contribution in [0.25, 0.3) is 0 Å². The van der Waals surface area contributed by atoms with Crippen LogP contribution in [0.1, 0.15) is 22.3 Å². The van der Waals surface area contributed by atoms with E-state index in [-0.39, 0.29) is 5.91 Å². The lowest BCUT2D eigenvalue weighted by atomic mass is 10.1. The minimum absolute atomic E-state index is 0.141. The number of alkyl halides is 1. The van der Waals surface area contributed by atoms with Gasteiger partial charge in [-0.15, -0.1) is 11.6 Å². The van der Waals surface area contributed by atoms with E-state index in [0.29, 0.717) is 11.4 Å². The van der Waals surface area contributed by atoms with E-state index in [4.69, 9.17) is 11.6 Å². The van der Waals surface area contributed by atoms with Crippen LogP contribution in [0, 0.1) is 0 Å². The standard InChI is InChI=1S/C16H14Br2ClNO/c17-12-6-7-15(18)14(10-12)16(21)20-13-5-1-3-11(9-13)4-2-8-19/h1,3,5-7,9-10H,2,4,8H2,(H,20,21). The van der Waals surface area contributed by atoms with Crippen molar-refractivity contribution in [3.05, 3.63) is 62.5 Å². The van der Waals surface area contributed by atoms with E-state index < -0.39 is 0 Å². The number of hydrogen-bond donors (Lipinski definition) is 1. The Morgan fingerprint density at radius 2 is 1.95 bits per heavy atom. The number of benzene rings is 2. The van der Waals surface area contributed by atoms with Gasteiger partial charge in [0.25, 0.3) is 5.91 Å². The zero-order valence-electron chi connectivity index (χ0n) is 11.2. The Morgan fingerprint density at radius 3 is 2.71 bits per heavy atom. The molecule has 110 valence electrons. The number of carbonyl (C=O) groups is 1. The maximum atomic E-state index is 12.3. The Bertz CT molecular complexity index is 646. The van der Waals surface area contributed by atoms with Gasteiger partial charge in [-0.25, -0.2) is 0 Å². The number of amides is 1. The molecule has 0 saturated heterocycles. The molecule has 1 N–H and O–H groups in total. The van der Waals surface area contributed by atoms with Gasteiger partial charge in [0, 0.05) is 20.5 Å². The molecule has 0 aliphatic rings. The summed E-state index contributed by atoms with van der Waals surface area (Å²) in [5.74, 6) is 0.499. The summed E-state index contributed by atoms with van der Waals surface area (Å²) in [5, 5.41) is 2.92. The molecule has 2 nitrogen and oxygen atoms in total. The monoisotopic (exact) mass is 429 g/mol. The van der Waals surface area contributed by atoms with Gasteiger partial charge in [-0.3, -0.25) is 4.79 Å². The maximum Gasteiger partial charge on any atom is 0.256 e. The molecule has 1 amide bonds. The molecule has 0 bridgehead atoms. The number of aryl methyl sites for hydroxylation is 1. The number of rotatable bonds is 5. The highest BCUT2D eigenvalue weighted by Gasteiger charge is 2.11. The quantitative estimate of drug-likeness (QED) is 0.611. The molecule has 0 aromatic heterocycles. The summed E-state index contributed by atoms with van der Waals surface area (Å²) in [6.07, 6.45) is 1.84. The molecular formula is C16H14Br2ClNO. The van der Waals surface area contributed by atoms with Crippen molar-refractivity contribution in [2.45, 2.75) is 12.8 Å². The van der Waals surface area contributed by atoms with E-state index in [1.54, 1.807) is 6.07 Å². The highest BCUT2D eigenvalue weighted by atomic mass is 79.9. The molecule has 0 spiro atoms. The first-order valence-corrected chi connectivity index (χ1v) is 8.63. The van der Waals surface area contributed by atoms with Crippen LogP contribution in [0.15, 0.2) is 51.4 Å². The number of hydrogen-bond acceptors (Lipinski definition) is 1. The van der Waals surface area contributed by atoms with Crippen molar-refractivity contribution in [2.24, 2.45) is 0 Å². The summed E-state index contributed by atoms with van der Waals surface area (Å²) < 4.78 is 1.63. The first kappa shape index (κ1) is 16.5. The highest BCUT2D eigenvalue weighted by molar-refractivity contribution is 9.11.